The van der Waals surface area contributed by atoms with Gasteiger partial charge in [-0.15, -0.1) is 5.10 Å². The summed E-state index contributed by atoms with van der Waals surface area (Å²) in [7, 11) is 0. The Hall–Kier alpha value is -4.24. The summed E-state index contributed by atoms with van der Waals surface area (Å²) in [6.07, 6.45) is 4.03. The molecule has 0 atom stereocenters. The highest BCUT2D eigenvalue weighted by atomic mass is 16.5. The highest BCUT2D eigenvalue weighted by Crippen LogP contribution is 2.37. The molecule has 42 heavy (non-hydrogen) atoms. The third kappa shape index (κ3) is 5.87. The number of hydrogen-bond acceptors (Lipinski definition) is 6. The number of carbonyl (C=O) groups excluding carboxylic acids is 2. The summed E-state index contributed by atoms with van der Waals surface area (Å²) in [4.78, 5) is 32.7. The normalized spacial score (nSPS) is 16.7. The fraction of sp³-hybridized carbons (Fsp3) is 0.394. The van der Waals surface area contributed by atoms with E-state index in [-0.39, 0.29) is 18.4 Å². The summed E-state index contributed by atoms with van der Waals surface area (Å²) < 4.78 is 7.12. The van der Waals surface area contributed by atoms with Crippen LogP contribution in [0.25, 0.3) is 11.0 Å². The zero-order valence-corrected chi connectivity index (χ0v) is 24.2. The van der Waals surface area contributed by atoms with Crippen molar-refractivity contribution in [3.63, 3.8) is 0 Å². The van der Waals surface area contributed by atoms with Crippen LogP contribution in [0.3, 0.4) is 0 Å². The maximum absolute atomic E-state index is 14.3. The quantitative estimate of drug-likeness (QED) is 0.325. The lowest BCUT2D eigenvalue weighted by Crippen LogP contribution is -2.60. The van der Waals surface area contributed by atoms with Crippen LogP contribution < -0.4 is 10.2 Å². The first-order valence-electron chi connectivity index (χ1n) is 14.9. The van der Waals surface area contributed by atoms with E-state index in [1.165, 1.54) is 0 Å². The van der Waals surface area contributed by atoms with Crippen LogP contribution in [-0.2, 0) is 27.4 Å². The van der Waals surface area contributed by atoms with E-state index in [0.717, 1.165) is 79.1 Å². The van der Waals surface area contributed by atoms with Gasteiger partial charge in [-0.05, 0) is 61.7 Å². The van der Waals surface area contributed by atoms with Gasteiger partial charge in [-0.3, -0.25) is 9.59 Å². The number of anilines is 2. The molecule has 2 amide bonds. The van der Waals surface area contributed by atoms with Crippen LogP contribution in [-0.4, -0.2) is 63.6 Å². The fourth-order valence-corrected chi connectivity index (χ4v) is 6.18. The number of aryl methyl sites for hydroxylation is 1. The van der Waals surface area contributed by atoms with Crippen molar-refractivity contribution in [3.8, 4) is 0 Å². The highest BCUT2D eigenvalue weighted by molar-refractivity contribution is 6.00. The molecule has 0 unspecified atom stereocenters. The van der Waals surface area contributed by atoms with Gasteiger partial charge in [0.25, 0.3) is 0 Å². The van der Waals surface area contributed by atoms with E-state index in [9.17, 15) is 9.59 Å². The molecule has 1 aliphatic heterocycles. The van der Waals surface area contributed by atoms with Gasteiger partial charge in [0.2, 0.25) is 11.8 Å². The van der Waals surface area contributed by atoms with Gasteiger partial charge >= 0.3 is 0 Å². The molecular formula is C33H38N6O3. The minimum absolute atomic E-state index is 0.00957. The molecule has 1 aromatic heterocycles. The molecule has 6 rings (SSSR count). The Morgan fingerprint density at radius 1 is 0.929 bits per heavy atom. The Bertz CT molecular complexity index is 1520. The topological polar surface area (TPSA) is 92.6 Å². The van der Waals surface area contributed by atoms with Gasteiger partial charge in [-0.1, -0.05) is 66.4 Å². The molecule has 4 aromatic rings. The Morgan fingerprint density at radius 2 is 1.64 bits per heavy atom. The van der Waals surface area contributed by atoms with Crippen LogP contribution in [0.4, 0.5) is 11.4 Å². The van der Waals surface area contributed by atoms with Crippen LogP contribution >= 0.6 is 0 Å². The van der Waals surface area contributed by atoms with Crippen molar-refractivity contribution in [1.82, 2.24) is 19.9 Å². The largest absolute Gasteiger partial charge is 0.378 e. The third-order valence-corrected chi connectivity index (χ3v) is 8.59. The molecule has 1 saturated heterocycles. The number of nitrogens with one attached hydrogen (secondary N) is 1. The molecule has 218 valence electrons. The summed E-state index contributed by atoms with van der Waals surface area (Å²) in [5.74, 6) is -0.281. The van der Waals surface area contributed by atoms with E-state index in [2.05, 4.69) is 20.5 Å². The summed E-state index contributed by atoms with van der Waals surface area (Å²) in [5, 5.41) is 11.7. The molecule has 1 saturated carbocycles. The molecule has 2 heterocycles. The second-order valence-electron chi connectivity index (χ2n) is 11.4. The molecule has 1 aliphatic carbocycles. The second kappa shape index (κ2) is 12.3. The Labute approximate surface area is 246 Å². The van der Waals surface area contributed by atoms with Crippen LogP contribution in [0, 0.1) is 6.92 Å². The van der Waals surface area contributed by atoms with Gasteiger partial charge in [0.15, 0.2) is 0 Å². The van der Waals surface area contributed by atoms with Crippen LogP contribution in [0.1, 0.15) is 43.2 Å². The lowest BCUT2D eigenvalue weighted by Gasteiger charge is -2.45. The summed E-state index contributed by atoms with van der Waals surface area (Å²) >= 11 is 0. The number of benzene rings is 3. The molecule has 2 fully saturated rings. The average Bonchev–Trinajstić information content (AvgIpc) is 3.44. The Balaban J connectivity index is 1.30. The number of morpholine rings is 1. The summed E-state index contributed by atoms with van der Waals surface area (Å²) in [6, 6.07) is 23.8. The lowest BCUT2D eigenvalue weighted by molar-refractivity contribution is -0.149. The van der Waals surface area contributed by atoms with Crippen molar-refractivity contribution in [2.75, 3.05) is 36.5 Å². The maximum Gasteiger partial charge on any atom is 0.250 e. The molecule has 0 spiro atoms. The van der Waals surface area contributed by atoms with Crippen molar-refractivity contribution in [1.29, 1.82) is 0 Å². The molecule has 2 aliphatic rings. The molecular weight excluding hydrogens is 528 g/mol. The van der Waals surface area contributed by atoms with E-state index in [0.29, 0.717) is 19.4 Å². The number of nitrogens with zero attached hydrogens (tertiary/aromatic N) is 5. The van der Waals surface area contributed by atoms with Crippen LogP contribution in [0.5, 0.6) is 0 Å². The SMILES string of the molecule is Cc1ccc(CN(C(=O)Cn2nnc3ccccc32)C2(C(=O)Nc3ccc(N4CCOCC4)cc3)CCCCC2)cc1. The molecule has 0 bridgehead atoms. The van der Waals surface area contributed by atoms with Gasteiger partial charge in [-0.2, -0.15) is 0 Å². The Morgan fingerprint density at radius 3 is 2.38 bits per heavy atom. The first-order valence-corrected chi connectivity index (χ1v) is 14.9. The van der Waals surface area contributed by atoms with Gasteiger partial charge < -0.3 is 19.9 Å². The number of amides is 2. The molecule has 0 radical (unpaired) electrons. The number of aromatic nitrogens is 3. The number of carbonyl (C=O) groups is 2. The average molecular weight is 567 g/mol. The monoisotopic (exact) mass is 566 g/mol. The lowest BCUT2D eigenvalue weighted by atomic mass is 9.78. The number of fused-ring (bicyclic) bond motifs is 1. The van der Waals surface area contributed by atoms with Crippen LogP contribution in [0.15, 0.2) is 72.8 Å². The van der Waals surface area contributed by atoms with Crippen molar-refractivity contribution >= 4 is 34.2 Å². The first kappa shape index (κ1) is 27.9. The van der Waals surface area contributed by atoms with Crippen molar-refractivity contribution < 1.29 is 14.3 Å². The molecule has 1 N–H and O–H groups in total. The third-order valence-electron chi connectivity index (χ3n) is 8.59. The molecule has 9 nitrogen and oxygen atoms in total. The van der Waals surface area contributed by atoms with Gasteiger partial charge in [0.1, 0.15) is 17.6 Å². The van der Waals surface area contributed by atoms with Crippen LogP contribution in [0.2, 0.25) is 0 Å². The number of hydrogen-bond donors (Lipinski definition) is 1. The fourth-order valence-electron chi connectivity index (χ4n) is 6.18. The Kier molecular flexibility index (Phi) is 8.19. The second-order valence-corrected chi connectivity index (χ2v) is 11.4. The van der Waals surface area contributed by atoms with Gasteiger partial charge in [0.05, 0.1) is 18.7 Å². The zero-order valence-electron chi connectivity index (χ0n) is 24.2. The van der Waals surface area contributed by atoms with E-state index in [1.807, 2.05) is 84.6 Å². The summed E-state index contributed by atoms with van der Waals surface area (Å²) in [5.41, 5.74) is 4.54. The van der Waals surface area contributed by atoms with Gasteiger partial charge in [0, 0.05) is 31.0 Å². The number of rotatable bonds is 8. The van der Waals surface area contributed by atoms with E-state index < -0.39 is 5.54 Å². The number of para-hydroxylation sites is 1. The van der Waals surface area contributed by atoms with E-state index in [4.69, 9.17) is 4.74 Å². The first-order chi connectivity index (χ1) is 20.5. The summed E-state index contributed by atoms with van der Waals surface area (Å²) in [6.45, 7) is 5.54. The smallest absolute Gasteiger partial charge is 0.250 e. The minimum atomic E-state index is -0.973. The molecule has 3 aromatic carbocycles. The van der Waals surface area contributed by atoms with Gasteiger partial charge in [-0.25, -0.2) is 4.68 Å². The van der Waals surface area contributed by atoms with E-state index in [1.54, 1.807) is 4.68 Å². The zero-order chi connectivity index (χ0) is 28.9. The standard InChI is InChI=1S/C33H38N6O3/c1-25-9-11-26(12-10-25)23-38(31(40)24-39-30-8-4-3-7-29(30)35-36-39)33(17-5-2-6-18-33)32(41)34-27-13-15-28(16-14-27)37-19-21-42-22-20-37/h3-4,7-16H,2,5-6,17-24H2,1H3,(H,34,41). The van der Waals surface area contributed by atoms with Crippen molar-refractivity contribution in [3.05, 3.63) is 83.9 Å². The predicted molar refractivity (Wildman–Crippen MR) is 163 cm³/mol. The van der Waals surface area contributed by atoms with Crippen molar-refractivity contribution in [2.24, 2.45) is 0 Å². The van der Waals surface area contributed by atoms with Crippen molar-refractivity contribution in [2.45, 2.75) is 57.7 Å². The number of ether oxygens (including phenoxy) is 1. The minimum Gasteiger partial charge on any atom is -0.378 e. The highest BCUT2D eigenvalue weighted by Gasteiger charge is 2.47. The molecule has 9 heteroatoms. The van der Waals surface area contributed by atoms with E-state index >= 15 is 0 Å². The maximum atomic E-state index is 14.3. The predicted octanol–water partition coefficient (Wildman–Crippen LogP) is 4.95.